The number of halogens is 2. The molecule has 1 atom stereocenters. The Bertz CT molecular complexity index is 1010. The second kappa shape index (κ2) is 8.14. The molecule has 1 saturated heterocycles. The van der Waals surface area contributed by atoms with E-state index >= 15 is 0 Å². The van der Waals surface area contributed by atoms with Crippen molar-refractivity contribution in [2.75, 3.05) is 13.1 Å². The largest absolute Gasteiger partial charge is 0.342 e. The molecule has 0 unspecified atom stereocenters. The highest BCUT2D eigenvalue weighted by Gasteiger charge is 2.33. The molecule has 0 radical (unpaired) electrons. The zero-order chi connectivity index (χ0) is 19.7. The lowest BCUT2D eigenvalue weighted by Gasteiger charge is -2.17. The van der Waals surface area contributed by atoms with Crippen LogP contribution < -0.4 is 0 Å². The fourth-order valence-corrected chi connectivity index (χ4v) is 4.37. The van der Waals surface area contributed by atoms with Crippen molar-refractivity contribution in [2.45, 2.75) is 38.6 Å². The molecule has 1 fully saturated rings. The molecule has 0 spiro atoms. The van der Waals surface area contributed by atoms with Gasteiger partial charge < -0.3 is 9.47 Å². The Morgan fingerprint density at radius 1 is 1.18 bits per heavy atom. The van der Waals surface area contributed by atoms with Crippen molar-refractivity contribution in [1.29, 1.82) is 0 Å². The number of likely N-dealkylation sites (tertiary alicyclic amines) is 1. The number of carbonyl (C=O) groups excluding carboxylic acids is 1. The Hall–Kier alpha value is -2.04. The third-order valence-corrected chi connectivity index (χ3v) is 5.98. The molecule has 1 aliphatic rings. The van der Waals surface area contributed by atoms with Gasteiger partial charge in [-0.1, -0.05) is 54.7 Å². The summed E-state index contributed by atoms with van der Waals surface area (Å²) in [7, 11) is 0. The van der Waals surface area contributed by atoms with Crippen molar-refractivity contribution >= 4 is 40.1 Å². The van der Waals surface area contributed by atoms with Gasteiger partial charge in [-0.25, -0.2) is 4.98 Å². The molecule has 6 heteroatoms. The minimum atomic E-state index is 0.0998. The van der Waals surface area contributed by atoms with Gasteiger partial charge in [0.25, 0.3) is 0 Å². The van der Waals surface area contributed by atoms with Crippen LogP contribution in [0.3, 0.4) is 0 Å². The summed E-state index contributed by atoms with van der Waals surface area (Å²) in [4.78, 5) is 19.4. The summed E-state index contributed by atoms with van der Waals surface area (Å²) < 4.78 is 2.20. The molecule has 146 valence electrons. The first-order valence-electron chi connectivity index (χ1n) is 9.73. The normalized spacial score (nSPS) is 17.0. The smallest absolute Gasteiger partial charge is 0.223 e. The van der Waals surface area contributed by atoms with Crippen LogP contribution in [0.5, 0.6) is 0 Å². The Balaban J connectivity index is 1.71. The molecule has 0 bridgehead atoms. The zero-order valence-corrected chi connectivity index (χ0v) is 17.4. The minimum absolute atomic E-state index is 0.0998. The maximum atomic E-state index is 12.5. The van der Waals surface area contributed by atoms with Gasteiger partial charge in [-0.3, -0.25) is 4.79 Å². The Kier molecular flexibility index (Phi) is 5.61. The molecule has 3 aromatic rings. The molecule has 1 amide bonds. The third kappa shape index (κ3) is 3.76. The fourth-order valence-electron chi connectivity index (χ4n) is 3.90. The highest BCUT2D eigenvalue weighted by molar-refractivity contribution is 6.35. The SMILES string of the molecule is CCCCN1C[C@@H](c2nc3ccccc3n2Cc2ccc(Cl)cc2Cl)CC1=O. The van der Waals surface area contributed by atoms with Crippen LogP contribution in [-0.4, -0.2) is 33.4 Å². The molecule has 0 aliphatic carbocycles. The number of benzene rings is 2. The summed E-state index contributed by atoms with van der Waals surface area (Å²) in [5, 5.41) is 1.26. The molecule has 4 nitrogen and oxygen atoms in total. The molecular formula is C22H23Cl2N3O. The van der Waals surface area contributed by atoms with Gasteiger partial charge in [-0.15, -0.1) is 0 Å². The second-order valence-corrected chi connectivity index (χ2v) is 8.22. The van der Waals surface area contributed by atoms with Gasteiger partial charge in [0.15, 0.2) is 0 Å². The van der Waals surface area contributed by atoms with Crippen molar-refractivity contribution in [1.82, 2.24) is 14.5 Å². The number of carbonyl (C=O) groups is 1. The average molecular weight is 416 g/mol. The lowest BCUT2D eigenvalue weighted by Crippen LogP contribution is -2.26. The molecule has 4 rings (SSSR count). The van der Waals surface area contributed by atoms with Crippen molar-refractivity contribution in [2.24, 2.45) is 0 Å². The van der Waals surface area contributed by atoms with Gasteiger partial charge in [0.05, 0.1) is 17.6 Å². The van der Waals surface area contributed by atoms with E-state index in [-0.39, 0.29) is 11.8 Å². The Morgan fingerprint density at radius 2 is 2.00 bits per heavy atom. The van der Waals surface area contributed by atoms with E-state index in [1.165, 1.54) is 0 Å². The van der Waals surface area contributed by atoms with Gasteiger partial charge >= 0.3 is 0 Å². The standard InChI is InChI=1S/C22H23Cl2N3O/c1-2-3-10-26-13-16(11-21(26)28)22-25-19-6-4-5-7-20(19)27(22)14-15-8-9-17(23)12-18(15)24/h4-9,12,16H,2-3,10-11,13-14H2,1H3/t16-/m0/s1. The number of para-hydroxylation sites is 2. The first-order chi connectivity index (χ1) is 13.6. The van der Waals surface area contributed by atoms with Crippen molar-refractivity contribution in [3.63, 3.8) is 0 Å². The van der Waals surface area contributed by atoms with Gasteiger partial charge in [-0.2, -0.15) is 0 Å². The van der Waals surface area contributed by atoms with Crippen molar-refractivity contribution in [3.8, 4) is 0 Å². The van der Waals surface area contributed by atoms with E-state index in [4.69, 9.17) is 28.2 Å². The Morgan fingerprint density at radius 3 is 2.79 bits per heavy atom. The summed E-state index contributed by atoms with van der Waals surface area (Å²) in [5.41, 5.74) is 2.99. The van der Waals surface area contributed by atoms with Crippen LogP contribution in [0.25, 0.3) is 11.0 Å². The summed E-state index contributed by atoms with van der Waals surface area (Å²) in [6, 6.07) is 13.7. The molecular weight excluding hydrogens is 393 g/mol. The van der Waals surface area contributed by atoms with Gasteiger partial charge in [0.2, 0.25) is 5.91 Å². The van der Waals surface area contributed by atoms with Crippen LogP contribution in [0.2, 0.25) is 10.0 Å². The minimum Gasteiger partial charge on any atom is -0.342 e. The second-order valence-electron chi connectivity index (χ2n) is 7.37. The molecule has 0 saturated carbocycles. The molecule has 28 heavy (non-hydrogen) atoms. The summed E-state index contributed by atoms with van der Waals surface area (Å²) in [6.45, 7) is 4.31. The molecule has 2 aromatic carbocycles. The number of amides is 1. The average Bonchev–Trinajstić information content (AvgIpc) is 3.23. The molecule has 1 aliphatic heterocycles. The van der Waals surface area contributed by atoms with Crippen LogP contribution in [0, 0.1) is 0 Å². The molecule has 2 heterocycles. The lowest BCUT2D eigenvalue weighted by molar-refractivity contribution is -0.127. The molecule has 1 aromatic heterocycles. The molecule has 0 N–H and O–H groups in total. The van der Waals surface area contributed by atoms with E-state index in [0.717, 1.165) is 48.4 Å². The predicted molar refractivity (Wildman–Crippen MR) is 114 cm³/mol. The lowest BCUT2D eigenvalue weighted by atomic mass is 10.1. The van der Waals surface area contributed by atoms with Crippen molar-refractivity contribution < 1.29 is 4.79 Å². The van der Waals surface area contributed by atoms with Crippen LogP contribution >= 0.6 is 23.2 Å². The number of hydrogen-bond acceptors (Lipinski definition) is 2. The number of rotatable bonds is 6. The quantitative estimate of drug-likeness (QED) is 0.532. The van der Waals surface area contributed by atoms with Gasteiger partial charge in [0.1, 0.15) is 5.82 Å². The van der Waals surface area contributed by atoms with Crippen LogP contribution in [0.4, 0.5) is 0 Å². The Labute approximate surface area is 175 Å². The van der Waals surface area contributed by atoms with Gasteiger partial charge in [0, 0.05) is 35.5 Å². The highest BCUT2D eigenvalue weighted by atomic mass is 35.5. The maximum Gasteiger partial charge on any atom is 0.223 e. The number of hydrogen-bond donors (Lipinski definition) is 0. The topological polar surface area (TPSA) is 38.1 Å². The number of nitrogens with zero attached hydrogens (tertiary/aromatic N) is 3. The van der Waals surface area contributed by atoms with E-state index in [9.17, 15) is 4.79 Å². The monoisotopic (exact) mass is 415 g/mol. The van der Waals surface area contributed by atoms with E-state index in [1.54, 1.807) is 6.07 Å². The number of imidazole rings is 1. The van der Waals surface area contributed by atoms with Crippen molar-refractivity contribution in [3.05, 3.63) is 63.9 Å². The van der Waals surface area contributed by atoms with Crippen LogP contribution in [0.15, 0.2) is 42.5 Å². The van der Waals surface area contributed by atoms with E-state index in [0.29, 0.717) is 23.0 Å². The van der Waals surface area contributed by atoms with E-state index < -0.39 is 0 Å². The van der Waals surface area contributed by atoms with Gasteiger partial charge in [-0.05, 0) is 36.2 Å². The van der Waals surface area contributed by atoms with Crippen LogP contribution in [0.1, 0.15) is 43.5 Å². The number of aromatic nitrogens is 2. The number of unbranched alkanes of at least 4 members (excludes halogenated alkanes) is 1. The number of fused-ring (bicyclic) bond motifs is 1. The third-order valence-electron chi connectivity index (χ3n) is 5.39. The summed E-state index contributed by atoms with van der Waals surface area (Å²) in [5.74, 6) is 1.28. The van der Waals surface area contributed by atoms with Crippen LogP contribution in [-0.2, 0) is 11.3 Å². The van der Waals surface area contributed by atoms with E-state index in [2.05, 4.69) is 17.6 Å². The predicted octanol–water partition coefficient (Wildman–Crippen LogP) is 5.51. The van der Waals surface area contributed by atoms with E-state index in [1.807, 2.05) is 35.2 Å². The fraction of sp³-hybridized carbons (Fsp3) is 0.364. The first-order valence-corrected chi connectivity index (χ1v) is 10.5. The summed E-state index contributed by atoms with van der Waals surface area (Å²) >= 11 is 12.5. The summed E-state index contributed by atoms with van der Waals surface area (Å²) in [6.07, 6.45) is 2.64. The highest BCUT2D eigenvalue weighted by Crippen LogP contribution is 2.32. The first kappa shape index (κ1) is 19.3. The zero-order valence-electron chi connectivity index (χ0n) is 15.9. The maximum absolute atomic E-state index is 12.5.